The fourth-order valence-corrected chi connectivity index (χ4v) is 2.59. The summed E-state index contributed by atoms with van der Waals surface area (Å²) in [6, 6.07) is 12.9. The lowest BCUT2D eigenvalue weighted by molar-refractivity contribution is 0.601. The Kier molecular flexibility index (Phi) is 3.03. The van der Waals surface area contributed by atoms with Gasteiger partial charge in [0.25, 0.3) is 0 Å². The van der Waals surface area contributed by atoms with Gasteiger partial charge in [0.1, 0.15) is 5.82 Å². The van der Waals surface area contributed by atoms with Gasteiger partial charge in [0, 0.05) is 21.6 Å². The van der Waals surface area contributed by atoms with Gasteiger partial charge in [0.05, 0.1) is 17.7 Å². The highest BCUT2D eigenvalue weighted by molar-refractivity contribution is 9.10. The van der Waals surface area contributed by atoms with Crippen molar-refractivity contribution in [2.75, 3.05) is 5.73 Å². The molecule has 0 saturated heterocycles. The van der Waals surface area contributed by atoms with Gasteiger partial charge in [-0.3, -0.25) is 0 Å². The van der Waals surface area contributed by atoms with Crippen LogP contribution in [0, 0.1) is 5.82 Å². The Balaban J connectivity index is 2.06. The van der Waals surface area contributed by atoms with E-state index in [1.54, 1.807) is 6.07 Å². The van der Waals surface area contributed by atoms with E-state index in [1.807, 2.05) is 41.1 Å². The van der Waals surface area contributed by atoms with E-state index < -0.39 is 0 Å². The molecule has 2 N–H and O–H groups in total. The lowest BCUT2D eigenvalue weighted by Crippen LogP contribution is -2.02. The summed E-state index contributed by atoms with van der Waals surface area (Å²) in [5, 5.41) is 1.07. The van der Waals surface area contributed by atoms with Crippen molar-refractivity contribution >= 4 is 32.5 Å². The number of aromatic nitrogens is 1. The van der Waals surface area contributed by atoms with E-state index in [0.717, 1.165) is 15.4 Å². The molecule has 0 aliphatic rings. The lowest BCUT2D eigenvalue weighted by atomic mass is 10.2. The highest BCUT2D eigenvalue weighted by Gasteiger charge is 2.08. The molecule has 96 valence electrons. The smallest absolute Gasteiger partial charge is 0.129 e. The molecule has 0 spiro atoms. The molecule has 1 heterocycles. The lowest BCUT2D eigenvalue weighted by Gasteiger charge is -2.09. The molecular weight excluding hydrogens is 307 g/mol. The summed E-state index contributed by atoms with van der Waals surface area (Å²) in [7, 11) is 0. The van der Waals surface area contributed by atoms with Crippen molar-refractivity contribution in [2.45, 2.75) is 6.54 Å². The van der Waals surface area contributed by atoms with Crippen LogP contribution in [0.3, 0.4) is 0 Å². The molecule has 0 saturated carbocycles. The summed E-state index contributed by atoms with van der Waals surface area (Å²) < 4.78 is 16.6. The fraction of sp³-hybridized carbons (Fsp3) is 0.0667. The molecule has 19 heavy (non-hydrogen) atoms. The van der Waals surface area contributed by atoms with Crippen LogP contribution in [0.15, 0.2) is 53.1 Å². The summed E-state index contributed by atoms with van der Waals surface area (Å²) in [5.74, 6) is -0.217. The molecule has 0 amide bonds. The molecule has 0 aliphatic heterocycles. The Morgan fingerprint density at radius 2 is 2.00 bits per heavy atom. The van der Waals surface area contributed by atoms with Crippen LogP contribution in [-0.2, 0) is 6.54 Å². The Morgan fingerprint density at radius 3 is 2.79 bits per heavy atom. The summed E-state index contributed by atoms with van der Waals surface area (Å²) in [6.07, 6.45) is 1.93. The zero-order valence-electron chi connectivity index (χ0n) is 10.1. The number of anilines is 1. The Labute approximate surface area is 118 Å². The van der Waals surface area contributed by atoms with Crippen LogP contribution in [0.5, 0.6) is 0 Å². The first-order valence-corrected chi connectivity index (χ1v) is 6.72. The van der Waals surface area contributed by atoms with Gasteiger partial charge >= 0.3 is 0 Å². The normalized spacial score (nSPS) is 11.1. The first kappa shape index (κ1) is 12.2. The summed E-state index contributed by atoms with van der Waals surface area (Å²) in [4.78, 5) is 0. The molecule has 2 nitrogen and oxygen atoms in total. The van der Waals surface area contributed by atoms with Crippen LogP contribution in [0.4, 0.5) is 10.1 Å². The van der Waals surface area contributed by atoms with E-state index >= 15 is 0 Å². The minimum absolute atomic E-state index is 0.217. The zero-order chi connectivity index (χ0) is 13.4. The molecule has 0 bridgehead atoms. The standard InChI is InChI=1S/C15H12BrFN2/c16-12-5-4-11(13(17)8-12)9-19-7-6-10-2-1-3-14(18)15(10)19/h1-8H,9,18H2. The first-order chi connectivity index (χ1) is 9.15. The minimum atomic E-state index is -0.217. The largest absolute Gasteiger partial charge is 0.397 e. The van der Waals surface area contributed by atoms with Gasteiger partial charge in [-0.1, -0.05) is 34.1 Å². The van der Waals surface area contributed by atoms with Crippen molar-refractivity contribution in [1.29, 1.82) is 0 Å². The highest BCUT2D eigenvalue weighted by atomic mass is 79.9. The molecule has 0 fully saturated rings. The summed E-state index contributed by atoms with van der Waals surface area (Å²) in [6.45, 7) is 0.469. The average molecular weight is 319 g/mol. The SMILES string of the molecule is Nc1cccc2ccn(Cc3ccc(Br)cc3F)c12. The molecule has 1 aromatic heterocycles. The highest BCUT2D eigenvalue weighted by Crippen LogP contribution is 2.24. The van der Waals surface area contributed by atoms with E-state index in [0.29, 0.717) is 17.8 Å². The van der Waals surface area contributed by atoms with Gasteiger partial charge in [0.15, 0.2) is 0 Å². The molecule has 0 radical (unpaired) electrons. The Hall–Kier alpha value is -1.81. The van der Waals surface area contributed by atoms with Crippen molar-refractivity contribution in [3.63, 3.8) is 0 Å². The number of fused-ring (bicyclic) bond motifs is 1. The Morgan fingerprint density at radius 1 is 1.16 bits per heavy atom. The van der Waals surface area contributed by atoms with Crippen molar-refractivity contribution in [3.8, 4) is 0 Å². The number of hydrogen-bond acceptors (Lipinski definition) is 1. The molecule has 4 heteroatoms. The van der Waals surface area contributed by atoms with Gasteiger partial charge in [-0.15, -0.1) is 0 Å². The van der Waals surface area contributed by atoms with Crippen LogP contribution in [0.2, 0.25) is 0 Å². The number of hydrogen-bond donors (Lipinski definition) is 1. The third-order valence-electron chi connectivity index (χ3n) is 3.18. The second-order valence-corrected chi connectivity index (χ2v) is 5.38. The van der Waals surface area contributed by atoms with Crippen LogP contribution in [-0.4, -0.2) is 4.57 Å². The molecule has 0 aliphatic carbocycles. The van der Waals surface area contributed by atoms with Crippen LogP contribution in [0.25, 0.3) is 10.9 Å². The number of benzene rings is 2. The maximum Gasteiger partial charge on any atom is 0.129 e. The van der Waals surface area contributed by atoms with Crippen molar-refractivity contribution in [3.05, 3.63) is 64.5 Å². The first-order valence-electron chi connectivity index (χ1n) is 5.92. The number of nitrogens with two attached hydrogens (primary N) is 1. The van der Waals surface area contributed by atoms with E-state index in [-0.39, 0.29) is 5.82 Å². The third-order valence-corrected chi connectivity index (χ3v) is 3.67. The second kappa shape index (κ2) is 4.70. The predicted molar refractivity (Wildman–Crippen MR) is 79.6 cm³/mol. The molecule has 3 aromatic rings. The molecule has 0 unspecified atom stereocenters. The second-order valence-electron chi connectivity index (χ2n) is 4.46. The van der Waals surface area contributed by atoms with E-state index in [9.17, 15) is 4.39 Å². The molecular formula is C15H12BrFN2. The van der Waals surface area contributed by atoms with E-state index in [1.165, 1.54) is 6.07 Å². The molecule has 0 atom stereocenters. The summed E-state index contributed by atoms with van der Waals surface area (Å²) >= 11 is 3.26. The van der Waals surface area contributed by atoms with Crippen molar-refractivity contribution in [1.82, 2.24) is 4.57 Å². The number of nitrogens with zero attached hydrogens (tertiary/aromatic N) is 1. The number of halogens is 2. The number of rotatable bonds is 2. The van der Waals surface area contributed by atoms with Crippen molar-refractivity contribution in [2.24, 2.45) is 0 Å². The van der Waals surface area contributed by atoms with Crippen LogP contribution in [0.1, 0.15) is 5.56 Å². The van der Waals surface area contributed by atoms with E-state index in [4.69, 9.17) is 5.73 Å². The summed E-state index contributed by atoms with van der Waals surface area (Å²) in [5.41, 5.74) is 8.30. The Bertz CT molecular complexity index is 749. The predicted octanol–water partition coefficient (Wildman–Crippen LogP) is 4.17. The molecule has 2 aromatic carbocycles. The van der Waals surface area contributed by atoms with Gasteiger partial charge in [-0.25, -0.2) is 4.39 Å². The van der Waals surface area contributed by atoms with Gasteiger partial charge in [-0.05, 0) is 24.3 Å². The monoisotopic (exact) mass is 318 g/mol. The van der Waals surface area contributed by atoms with Crippen molar-refractivity contribution < 1.29 is 4.39 Å². The quantitative estimate of drug-likeness (QED) is 0.706. The van der Waals surface area contributed by atoms with Crippen LogP contribution < -0.4 is 5.73 Å². The van der Waals surface area contributed by atoms with Crippen LogP contribution >= 0.6 is 15.9 Å². The zero-order valence-corrected chi connectivity index (χ0v) is 11.7. The van der Waals surface area contributed by atoms with E-state index in [2.05, 4.69) is 15.9 Å². The fourth-order valence-electron chi connectivity index (χ4n) is 2.26. The third kappa shape index (κ3) is 2.24. The van der Waals surface area contributed by atoms with Gasteiger partial charge in [-0.2, -0.15) is 0 Å². The topological polar surface area (TPSA) is 30.9 Å². The van der Waals surface area contributed by atoms with Gasteiger partial charge < -0.3 is 10.3 Å². The minimum Gasteiger partial charge on any atom is -0.397 e. The number of para-hydroxylation sites is 1. The van der Waals surface area contributed by atoms with Gasteiger partial charge in [0.2, 0.25) is 0 Å². The average Bonchev–Trinajstić information content (AvgIpc) is 2.77. The molecule has 3 rings (SSSR count). The maximum absolute atomic E-state index is 13.9. The number of nitrogen functional groups attached to an aromatic ring is 1. The maximum atomic E-state index is 13.9.